The van der Waals surface area contributed by atoms with Crippen molar-refractivity contribution >= 4 is 24.2 Å². The Bertz CT molecular complexity index is 268. The van der Waals surface area contributed by atoms with Gasteiger partial charge in [-0.2, -0.15) is 0 Å². The molecule has 0 aromatic rings. The van der Waals surface area contributed by atoms with Gasteiger partial charge in [-0.3, -0.25) is 9.59 Å². The molecule has 0 atom stereocenters. The van der Waals surface area contributed by atoms with E-state index in [4.69, 9.17) is 5.73 Å². The van der Waals surface area contributed by atoms with E-state index in [-0.39, 0.29) is 35.8 Å². The van der Waals surface area contributed by atoms with Crippen molar-refractivity contribution in [2.45, 2.75) is 58.5 Å². The van der Waals surface area contributed by atoms with Crippen LogP contribution in [0.15, 0.2) is 0 Å². The van der Waals surface area contributed by atoms with Crippen molar-refractivity contribution in [1.82, 2.24) is 10.6 Å². The smallest absolute Gasteiger partial charge is 0.220 e. The molecule has 0 bridgehead atoms. The molecule has 108 valence electrons. The normalized spacial score (nSPS) is 10.8. The Morgan fingerprint density at radius 1 is 1.17 bits per heavy atom. The number of carbonyl (C=O) groups excluding carboxylic acids is 2. The molecule has 0 aliphatic heterocycles. The van der Waals surface area contributed by atoms with Gasteiger partial charge in [-0.25, -0.2) is 0 Å². The quantitative estimate of drug-likeness (QED) is 0.649. The minimum absolute atomic E-state index is 0. The van der Waals surface area contributed by atoms with Crippen LogP contribution in [0.25, 0.3) is 0 Å². The molecule has 0 spiro atoms. The van der Waals surface area contributed by atoms with Gasteiger partial charge in [0, 0.05) is 31.0 Å². The zero-order chi connectivity index (χ0) is 13.5. The minimum Gasteiger partial charge on any atom is -0.354 e. The standard InChI is InChI=1S/C12H25N3O2.ClH/c1-9(2)14-10(16)6-5-7-11(17)15-12(3,4)8-13;/h9H,5-8,13H2,1-4H3,(H,14,16)(H,15,17);1H. The second kappa shape index (κ2) is 9.16. The van der Waals surface area contributed by atoms with E-state index in [1.54, 1.807) is 0 Å². The van der Waals surface area contributed by atoms with E-state index in [0.29, 0.717) is 25.8 Å². The first-order valence-electron chi connectivity index (χ1n) is 6.07. The number of amides is 2. The lowest BCUT2D eigenvalue weighted by Gasteiger charge is -2.24. The third-order valence-electron chi connectivity index (χ3n) is 2.25. The summed E-state index contributed by atoms with van der Waals surface area (Å²) in [5.74, 6) is -0.0660. The van der Waals surface area contributed by atoms with Crippen molar-refractivity contribution in [2.24, 2.45) is 5.73 Å². The molecule has 0 heterocycles. The molecule has 0 rings (SSSR count). The Kier molecular flexibility index (Phi) is 9.94. The summed E-state index contributed by atoms with van der Waals surface area (Å²) in [7, 11) is 0. The largest absolute Gasteiger partial charge is 0.354 e. The van der Waals surface area contributed by atoms with Crippen LogP contribution in [0.5, 0.6) is 0 Å². The van der Waals surface area contributed by atoms with Crippen molar-refractivity contribution in [3.8, 4) is 0 Å². The molecular weight excluding hydrogens is 254 g/mol. The van der Waals surface area contributed by atoms with Crippen LogP contribution in [0.2, 0.25) is 0 Å². The molecule has 18 heavy (non-hydrogen) atoms. The monoisotopic (exact) mass is 279 g/mol. The van der Waals surface area contributed by atoms with Gasteiger partial charge in [0.1, 0.15) is 0 Å². The van der Waals surface area contributed by atoms with Gasteiger partial charge in [-0.05, 0) is 34.1 Å². The first-order valence-corrected chi connectivity index (χ1v) is 6.07. The summed E-state index contributed by atoms with van der Waals surface area (Å²) in [6.07, 6.45) is 1.30. The molecule has 0 saturated carbocycles. The first kappa shape index (κ1) is 19.5. The highest BCUT2D eigenvalue weighted by Gasteiger charge is 2.17. The molecule has 0 aliphatic carbocycles. The van der Waals surface area contributed by atoms with E-state index in [9.17, 15) is 9.59 Å². The highest BCUT2D eigenvalue weighted by Crippen LogP contribution is 2.02. The fraction of sp³-hybridized carbons (Fsp3) is 0.833. The second-order valence-corrected chi connectivity index (χ2v) is 5.21. The lowest BCUT2D eigenvalue weighted by Crippen LogP contribution is -2.48. The number of hydrogen-bond donors (Lipinski definition) is 3. The van der Waals surface area contributed by atoms with Crippen LogP contribution in [-0.4, -0.2) is 29.9 Å². The molecule has 0 aromatic heterocycles. The number of nitrogens with one attached hydrogen (secondary N) is 2. The van der Waals surface area contributed by atoms with E-state index >= 15 is 0 Å². The molecular formula is C12H26ClN3O2. The Labute approximate surface area is 116 Å². The van der Waals surface area contributed by atoms with Crippen LogP contribution in [0.3, 0.4) is 0 Å². The molecule has 0 aromatic carbocycles. The summed E-state index contributed by atoms with van der Waals surface area (Å²) >= 11 is 0. The summed E-state index contributed by atoms with van der Waals surface area (Å²) in [6.45, 7) is 7.96. The van der Waals surface area contributed by atoms with Crippen LogP contribution >= 0.6 is 12.4 Å². The van der Waals surface area contributed by atoms with Crippen molar-refractivity contribution in [2.75, 3.05) is 6.54 Å². The van der Waals surface area contributed by atoms with Crippen molar-refractivity contribution < 1.29 is 9.59 Å². The lowest BCUT2D eigenvalue weighted by molar-refractivity contribution is -0.123. The number of hydrogen-bond acceptors (Lipinski definition) is 3. The van der Waals surface area contributed by atoms with Gasteiger partial charge in [0.15, 0.2) is 0 Å². The molecule has 4 N–H and O–H groups in total. The topological polar surface area (TPSA) is 84.2 Å². The summed E-state index contributed by atoms with van der Waals surface area (Å²) in [5, 5.41) is 5.61. The number of nitrogens with two attached hydrogens (primary N) is 1. The molecule has 0 radical (unpaired) electrons. The van der Waals surface area contributed by atoms with E-state index in [1.807, 2.05) is 27.7 Å². The molecule has 2 amide bonds. The lowest BCUT2D eigenvalue weighted by atomic mass is 10.1. The molecule has 0 fully saturated rings. The third-order valence-corrected chi connectivity index (χ3v) is 2.25. The van der Waals surface area contributed by atoms with Crippen LogP contribution in [0.4, 0.5) is 0 Å². The Morgan fingerprint density at radius 3 is 2.11 bits per heavy atom. The first-order chi connectivity index (χ1) is 7.76. The predicted molar refractivity (Wildman–Crippen MR) is 75.7 cm³/mol. The average Bonchev–Trinajstić information content (AvgIpc) is 2.15. The van der Waals surface area contributed by atoms with Gasteiger partial charge in [-0.1, -0.05) is 0 Å². The van der Waals surface area contributed by atoms with Crippen LogP contribution in [-0.2, 0) is 9.59 Å². The Morgan fingerprint density at radius 2 is 1.67 bits per heavy atom. The van der Waals surface area contributed by atoms with Crippen LogP contribution in [0.1, 0.15) is 47.0 Å². The fourth-order valence-corrected chi connectivity index (χ4v) is 1.29. The van der Waals surface area contributed by atoms with Gasteiger partial charge in [0.2, 0.25) is 11.8 Å². The minimum atomic E-state index is -0.378. The van der Waals surface area contributed by atoms with Gasteiger partial charge in [0.05, 0.1) is 0 Å². The second-order valence-electron chi connectivity index (χ2n) is 5.21. The number of halogens is 1. The fourth-order valence-electron chi connectivity index (χ4n) is 1.29. The van der Waals surface area contributed by atoms with Crippen molar-refractivity contribution in [3.05, 3.63) is 0 Å². The van der Waals surface area contributed by atoms with Gasteiger partial charge in [0.25, 0.3) is 0 Å². The summed E-state index contributed by atoms with van der Waals surface area (Å²) in [5.41, 5.74) is 5.13. The Hall–Kier alpha value is -0.810. The van der Waals surface area contributed by atoms with Gasteiger partial charge >= 0.3 is 0 Å². The zero-order valence-electron chi connectivity index (χ0n) is 11.7. The van der Waals surface area contributed by atoms with E-state index in [1.165, 1.54) is 0 Å². The van der Waals surface area contributed by atoms with Gasteiger partial charge < -0.3 is 16.4 Å². The zero-order valence-corrected chi connectivity index (χ0v) is 12.5. The molecule has 0 saturated heterocycles. The molecule has 5 nitrogen and oxygen atoms in total. The van der Waals surface area contributed by atoms with Gasteiger partial charge in [-0.15, -0.1) is 12.4 Å². The van der Waals surface area contributed by atoms with E-state index < -0.39 is 0 Å². The summed E-state index contributed by atoms with van der Waals surface area (Å²) in [6, 6.07) is 0.146. The third kappa shape index (κ3) is 10.4. The summed E-state index contributed by atoms with van der Waals surface area (Å²) < 4.78 is 0. The number of carbonyl (C=O) groups is 2. The molecule has 0 aliphatic rings. The highest BCUT2D eigenvalue weighted by molar-refractivity contribution is 5.85. The van der Waals surface area contributed by atoms with E-state index in [2.05, 4.69) is 10.6 Å². The van der Waals surface area contributed by atoms with Crippen molar-refractivity contribution in [1.29, 1.82) is 0 Å². The maximum atomic E-state index is 11.5. The van der Waals surface area contributed by atoms with E-state index in [0.717, 1.165) is 0 Å². The summed E-state index contributed by atoms with van der Waals surface area (Å²) in [4.78, 5) is 22.8. The average molecular weight is 280 g/mol. The predicted octanol–water partition coefficient (Wildman–Crippen LogP) is 0.957. The maximum absolute atomic E-state index is 11.5. The highest BCUT2D eigenvalue weighted by atomic mass is 35.5. The van der Waals surface area contributed by atoms with Crippen LogP contribution < -0.4 is 16.4 Å². The Balaban J connectivity index is 0. The SMILES string of the molecule is CC(C)NC(=O)CCCC(=O)NC(C)(C)CN.Cl. The molecule has 6 heteroatoms. The number of rotatable bonds is 7. The van der Waals surface area contributed by atoms with Crippen LogP contribution in [0, 0.1) is 0 Å². The van der Waals surface area contributed by atoms with Crippen molar-refractivity contribution in [3.63, 3.8) is 0 Å². The molecule has 0 unspecified atom stereocenters. The maximum Gasteiger partial charge on any atom is 0.220 e.